The van der Waals surface area contributed by atoms with Crippen LogP contribution in [-0.4, -0.2) is 22.8 Å². The molecule has 4 rings (SSSR count). The molecule has 0 bridgehead atoms. The molecule has 7 nitrogen and oxygen atoms in total. The first-order chi connectivity index (χ1) is 14.4. The van der Waals surface area contributed by atoms with Crippen molar-refractivity contribution >= 4 is 5.91 Å². The van der Waals surface area contributed by atoms with Gasteiger partial charge in [0.15, 0.2) is 11.5 Å². The minimum atomic E-state index is -0.419. The normalized spacial score (nSPS) is 13.8. The molecule has 0 aliphatic carbocycles. The topological polar surface area (TPSA) is 86.5 Å². The molecule has 1 aliphatic rings. The van der Waals surface area contributed by atoms with Gasteiger partial charge >= 0.3 is 0 Å². The van der Waals surface area contributed by atoms with E-state index < -0.39 is 6.04 Å². The lowest BCUT2D eigenvalue weighted by Crippen LogP contribution is -2.32. The predicted molar refractivity (Wildman–Crippen MR) is 111 cm³/mol. The van der Waals surface area contributed by atoms with Crippen molar-refractivity contribution in [2.45, 2.75) is 39.7 Å². The fourth-order valence-electron chi connectivity index (χ4n) is 3.31. The molecule has 0 spiro atoms. The standard InChI is InChI=1S/C23H25N3O4/c1-23(2,3)13-20(27)24-17(11-15-7-5-4-6-8-15)22-25-21(26-30-22)16-9-10-18-19(12-16)29-14-28-18/h4-10,12,17H,11,13-14H2,1-3H3,(H,24,27). The van der Waals surface area contributed by atoms with Crippen molar-refractivity contribution in [3.8, 4) is 22.9 Å². The highest BCUT2D eigenvalue weighted by molar-refractivity contribution is 5.77. The molecule has 3 aromatic rings. The Balaban J connectivity index is 1.58. The number of fused-ring (bicyclic) bond motifs is 1. The largest absolute Gasteiger partial charge is 0.454 e. The van der Waals surface area contributed by atoms with Gasteiger partial charge in [0, 0.05) is 18.4 Å². The summed E-state index contributed by atoms with van der Waals surface area (Å²) in [6, 6.07) is 15.0. The van der Waals surface area contributed by atoms with Gasteiger partial charge in [-0.25, -0.2) is 0 Å². The number of carbonyl (C=O) groups is 1. The van der Waals surface area contributed by atoms with E-state index in [2.05, 4.69) is 15.5 Å². The lowest BCUT2D eigenvalue weighted by atomic mass is 9.91. The number of amides is 1. The van der Waals surface area contributed by atoms with E-state index >= 15 is 0 Å². The van der Waals surface area contributed by atoms with Gasteiger partial charge in [-0.2, -0.15) is 4.98 Å². The third-order valence-electron chi connectivity index (χ3n) is 4.68. The second kappa shape index (κ2) is 8.18. The molecule has 0 fully saturated rings. The second-order valence-electron chi connectivity index (χ2n) is 8.57. The zero-order valence-electron chi connectivity index (χ0n) is 17.3. The van der Waals surface area contributed by atoms with Gasteiger partial charge in [0.05, 0.1) is 0 Å². The van der Waals surface area contributed by atoms with E-state index in [1.807, 2.05) is 69.3 Å². The van der Waals surface area contributed by atoms with Crippen molar-refractivity contribution < 1.29 is 18.8 Å². The first-order valence-corrected chi connectivity index (χ1v) is 9.94. The molecule has 2 aromatic carbocycles. The first kappa shape index (κ1) is 19.9. The van der Waals surface area contributed by atoms with Crippen LogP contribution in [0.2, 0.25) is 0 Å². The van der Waals surface area contributed by atoms with E-state index in [0.717, 1.165) is 11.1 Å². The molecule has 1 N–H and O–H groups in total. The van der Waals surface area contributed by atoms with Crippen LogP contribution in [0.1, 0.15) is 44.7 Å². The fourth-order valence-corrected chi connectivity index (χ4v) is 3.31. The first-order valence-electron chi connectivity index (χ1n) is 9.94. The van der Waals surface area contributed by atoms with Crippen molar-refractivity contribution in [1.29, 1.82) is 0 Å². The Morgan fingerprint density at radius 3 is 2.63 bits per heavy atom. The monoisotopic (exact) mass is 407 g/mol. The molecule has 30 heavy (non-hydrogen) atoms. The third kappa shape index (κ3) is 4.79. The van der Waals surface area contributed by atoms with Gasteiger partial charge in [-0.05, 0) is 29.2 Å². The predicted octanol–water partition coefficient (Wildman–Crippen LogP) is 4.30. The molecule has 2 heterocycles. The molecule has 7 heteroatoms. The highest BCUT2D eigenvalue weighted by Gasteiger charge is 2.25. The fraction of sp³-hybridized carbons (Fsp3) is 0.348. The molecule has 1 unspecified atom stereocenters. The summed E-state index contributed by atoms with van der Waals surface area (Å²) in [5.74, 6) is 2.10. The van der Waals surface area contributed by atoms with Gasteiger partial charge in [0.25, 0.3) is 0 Å². The van der Waals surface area contributed by atoms with Crippen LogP contribution in [-0.2, 0) is 11.2 Å². The van der Waals surface area contributed by atoms with Crippen molar-refractivity contribution in [3.63, 3.8) is 0 Å². The smallest absolute Gasteiger partial charge is 0.249 e. The summed E-state index contributed by atoms with van der Waals surface area (Å²) < 4.78 is 16.3. The maximum atomic E-state index is 12.6. The van der Waals surface area contributed by atoms with Crippen LogP contribution in [0.3, 0.4) is 0 Å². The van der Waals surface area contributed by atoms with E-state index in [4.69, 9.17) is 14.0 Å². The summed E-state index contributed by atoms with van der Waals surface area (Å²) in [6.45, 7) is 6.30. The molecule has 1 atom stereocenters. The maximum Gasteiger partial charge on any atom is 0.249 e. The van der Waals surface area contributed by atoms with Crippen molar-refractivity contribution in [1.82, 2.24) is 15.5 Å². The Morgan fingerprint density at radius 1 is 1.10 bits per heavy atom. The summed E-state index contributed by atoms with van der Waals surface area (Å²) in [5, 5.41) is 7.19. The third-order valence-corrected chi connectivity index (χ3v) is 4.68. The van der Waals surface area contributed by atoms with Crippen LogP contribution in [0.5, 0.6) is 11.5 Å². The second-order valence-corrected chi connectivity index (χ2v) is 8.57. The molecule has 0 radical (unpaired) electrons. The van der Waals surface area contributed by atoms with Crippen molar-refractivity contribution in [3.05, 3.63) is 60.0 Å². The Bertz CT molecular complexity index is 1020. The van der Waals surface area contributed by atoms with E-state index in [-0.39, 0.29) is 18.1 Å². The summed E-state index contributed by atoms with van der Waals surface area (Å²) in [7, 11) is 0. The van der Waals surface area contributed by atoms with E-state index in [1.54, 1.807) is 0 Å². The lowest BCUT2D eigenvalue weighted by Gasteiger charge is -2.20. The summed E-state index contributed by atoms with van der Waals surface area (Å²) in [5.41, 5.74) is 1.71. The molecular weight excluding hydrogens is 382 g/mol. The zero-order chi connectivity index (χ0) is 21.1. The maximum absolute atomic E-state index is 12.6. The van der Waals surface area contributed by atoms with Gasteiger partial charge < -0.3 is 19.3 Å². The average molecular weight is 407 g/mol. The van der Waals surface area contributed by atoms with E-state index in [1.165, 1.54) is 0 Å². The number of hydrogen-bond donors (Lipinski definition) is 1. The van der Waals surface area contributed by atoms with Crippen LogP contribution in [0.4, 0.5) is 0 Å². The number of nitrogens with zero attached hydrogens (tertiary/aromatic N) is 2. The summed E-state index contributed by atoms with van der Waals surface area (Å²) in [4.78, 5) is 17.2. The minimum Gasteiger partial charge on any atom is -0.454 e. The van der Waals surface area contributed by atoms with Crippen LogP contribution < -0.4 is 14.8 Å². The molecule has 0 saturated carbocycles. The van der Waals surface area contributed by atoms with Crippen LogP contribution in [0, 0.1) is 5.41 Å². The van der Waals surface area contributed by atoms with Gasteiger partial charge in [-0.1, -0.05) is 56.3 Å². The van der Waals surface area contributed by atoms with Gasteiger partial charge in [-0.3, -0.25) is 4.79 Å². The lowest BCUT2D eigenvalue weighted by molar-refractivity contribution is -0.123. The SMILES string of the molecule is CC(C)(C)CC(=O)NC(Cc1ccccc1)c1nc(-c2ccc3c(c2)OCO3)no1. The Labute approximate surface area is 175 Å². The van der Waals surface area contributed by atoms with E-state index in [9.17, 15) is 4.79 Å². The number of carbonyl (C=O) groups excluding carboxylic acids is 1. The molecule has 1 amide bonds. The number of benzene rings is 2. The van der Waals surface area contributed by atoms with Crippen molar-refractivity contribution in [2.24, 2.45) is 5.41 Å². The number of nitrogens with one attached hydrogen (secondary N) is 1. The van der Waals surface area contributed by atoms with E-state index in [0.29, 0.717) is 36.1 Å². The molecule has 0 saturated heterocycles. The Morgan fingerprint density at radius 2 is 1.87 bits per heavy atom. The number of ether oxygens (including phenoxy) is 2. The quantitative estimate of drug-likeness (QED) is 0.656. The average Bonchev–Trinajstić information content (AvgIpc) is 3.36. The highest BCUT2D eigenvalue weighted by atomic mass is 16.7. The number of aromatic nitrogens is 2. The number of hydrogen-bond acceptors (Lipinski definition) is 6. The number of rotatable bonds is 6. The van der Waals surface area contributed by atoms with Crippen LogP contribution in [0.15, 0.2) is 53.1 Å². The highest BCUT2D eigenvalue weighted by Crippen LogP contribution is 2.35. The molecular formula is C23H25N3O4. The van der Waals surface area contributed by atoms with Crippen molar-refractivity contribution in [2.75, 3.05) is 6.79 Å². The minimum absolute atomic E-state index is 0.0498. The van der Waals surface area contributed by atoms with Crippen LogP contribution in [0.25, 0.3) is 11.4 Å². The van der Waals surface area contributed by atoms with Gasteiger partial charge in [0.2, 0.25) is 24.4 Å². The zero-order valence-corrected chi connectivity index (χ0v) is 17.3. The molecule has 1 aliphatic heterocycles. The molecule has 1 aromatic heterocycles. The Kier molecular flexibility index (Phi) is 5.44. The summed E-state index contributed by atoms with van der Waals surface area (Å²) in [6.07, 6.45) is 0.959. The molecule has 156 valence electrons. The Hall–Kier alpha value is -3.35. The van der Waals surface area contributed by atoms with Crippen LogP contribution >= 0.6 is 0 Å². The van der Waals surface area contributed by atoms with Gasteiger partial charge in [0.1, 0.15) is 6.04 Å². The van der Waals surface area contributed by atoms with Gasteiger partial charge in [-0.15, -0.1) is 0 Å². The summed E-state index contributed by atoms with van der Waals surface area (Å²) >= 11 is 0.